The molecule has 2 heterocycles. The zero-order chi connectivity index (χ0) is 13.8. The fraction of sp³-hybridized carbons (Fsp3) is 0.308. The van der Waals surface area contributed by atoms with E-state index in [2.05, 4.69) is 15.4 Å². The van der Waals surface area contributed by atoms with Gasteiger partial charge < -0.3 is 5.32 Å². The van der Waals surface area contributed by atoms with Crippen LogP contribution < -0.4 is 10.9 Å². The van der Waals surface area contributed by atoms with Crippen molar-refractivity contribution in [3.05, 3.63) is 51.7 Å². The van der Waals surface area contributed by atoms with Gasteiger partial charge in [0.2, 0.25) is 0 Å². The van der Waals surface area contributed by atoms with Gasteiger partial charge in [-0.3, -0.25) is 9.78 Å². The van der Waals surface area contributed by atoms with Gasteiger partial charge in [-0.25, -0.2) is 4.68 Å². The Bertz CT molecular complexity index is 612. The van der Waals surface area contributed by atoms with Gasteiger partial charge in [0, 0.05) is 12.7 Å². The third-order valence-electron chi connectivity index (χ3n) is 2.79. The first-order valence-electron chi connectivity index (χ1n) is 6.06. The molecule has 0 aliphatic heterocycles. The topological polar surface area (TPSA) is 59.8 Å². The molecule has 1 unspecified atom stereocenters. The summed E-state index contributed by atoms with van der Waals surface area (Å²) in [5.41, 5.74) is 1.11. The maximum Gasteiger partial charge on any atom is 0.287 e. The van der Waals surface area contributed by atoms with E-state index in [0.29, 0.717) is 12.2 Å². The van der Waals surface area contributed by atoms with Crippen molar-refractivity contribution in [3.63, 3.8) is 0 Å². The predicted molar refractivity (Wildman–Crippen MR) is 75.5 cm³/mol. The zero-order valence-electron chi connectivity index (χ0n) is 10.8. The zero-order valence-corrected chi connectivity index (χ0v) is 11.6. The van der Waals surface area contributed by atoms with Crippen LogP contribution in [0.3, 0.4) is 0 Å². The Labute approximate surface area is 116 Å². The van der Waals surface area contributed by atoms with Gasteiger partial charge in [0.15, 0.2) is 0 Å². The Morgan fingerprint density at radius 2 is 2.26 bits per heavy atom. The summed E-state index contributed by atoms with van der Waals surface area (Å²) < 4.78 is 1.32. The molecule has 1 atom stereocenters. The fourth-order valence-electron chi connectivity index (χ4n) is 1.73. The highest BCUT2D eigenvalue weighted by atomic mass is 35.5. The molecule has 0 amide bonds. The van der Waals surface area contributed by atoms with Crippen LogP contribution in [0.2, 0.25) is 5.02 Å². The molecular formula is C13H15ClN4O. The third-order valence-corrected chi connectivity index (χ3v) is 3.15. The third kappa shape index (κ3) is 2.93. The van der Waals surface area contributed by atoms with Crippen molar-refractivity contribution in [1.82, 2.24) is 14.8 Å². The number of rotatable bonds is 4. The van der Waals surface area contributed by atoms with Crippen LogP contribution >= 0.6 is 11.6 Å². The highest BCUT2D eigenvalue weighted by molar-refractivity contribution is 6.32. The number of pyridine rings is 1. The molecule has 6 heteroatoms. The molecule has 2 aromatic rings. The van der Waals surface area contributed by atoms with Crippen molar-refractivity contribution in [2.75, 3.05) is 5.32 Å². The second kappa shape index (κ2) is 5.84. The number of halogens is 1. The van der Waals surface area contributed by atoms with E-state index in [9.17, 15) is 4.79 Å². The maximum absolute atomic E-state index is 11.9. The lowest BCUT2D eigenvalue weighted by Crippen LogP contribution is -2.24. The number of nitrogens with zero attached hydrogens (tertiary/aromatic N) is 3. The molecule has 0 aliphatic carbocycles. The lowest BCUT2D eigenvalue weighted by atomic mass is 10.2. The summed E-state index contributed by atoms with van der Waals surface area (Å²) in [7, 11) is 0. The molecule has 19 heavy (non-hydrogen) atoms. The predicted octanol–water partition coefficient (Wildman–Crippen LogP) is 2.48. The summed E-state index contributed by atoms with van der Waals surface area (Å²) in [6.45, 7) is 4.28. The molecular weight excluding hydrogens is 264 g/mol. The van der Waals surface area contributed by atoms with Crippen molar-refractivity contribution in [2.24, 2.45) is 0 Å². The van der Waals surface area contributed by atoms with E-state index in [1.165, 1.54) is 4.68 Å². The van der Waals surface area contributed by atoms with Crippen molar-refractivity contribution < 1.29 is 0 Å². The normalized spacial score (nSPS) is 12.2. The summed E-state index contributed by atoms with van der Waals surface area (Å²) in [6, 6.07) is 5.62. The summed E-state index contributed by atoms with van der Waals surface area (Å²) in [4.78, 5) is 16.1. The van der Waals surface area contributed by atoms with Gasteiger partial charge in [-0.1, -0.05) is 17.7 Å². The van der Waals surface area contributed by atoms with E-state index in [4.69, 9.17) is 11.6 Å². The summed E-state index contributed by atoms with van der Waals surface area (Å²) >= 11 is 6.05. The minimum absolute atomic E-state index is 0.0580. The molecule has 0 aromatic carbocycles. The smallest absolute Gasteiger partial charge is 0.287 e. The molecule has 0 spiro atoms. The van der Waals surface area contributed by atoms with Crippen LogP contribution in [0, 0.1) is 0 Å². The number of anilines is 1. The average Bonchev–Trinajstić information content (AvgIpc) is 2.45. The van der Waals surface area contributed by atoms with E-state index < -0.39 is 0 Å². The highest BCUT2D eigenvalue weighted by Crippen LogP contribution is 2.21. The second-order valence-corrected chi connectivity index (χ2v) is 4.49. The fourth-order valence-corrected chi connectivity index (χ4v) is 1.93. The first kappa shape index (κ1) is 13.5. The molecule has 0 aliphatic rings. The molecule has 0 bridgehead atoms. The van der Waals surface area contributed by atoms with E-state index >= 15 is 0 Å². The molecule has 2 aromatic heterocycles. The van der Waals surface area contributed by atoms with Gasteiger partial charge in [-0.15, -0.1) is 0 Å². The van der Waals surface area contributed by atoms with Crippen LogP contribution in [0.15, 0.2) is 35.4 Å². The molecule has 0 radical (unpaired) electrons. The number of aromatic nitrogens is 3. The number of nitrogens with one attached hydrogen (secondary N) is 1. The first-order chi connectivity index (χ1) is 9.13. The number of hydrogen-bond donors (Lipinski definition) is 1. The first-order valence-corrected chi connectivity index (χ1v) is 6.44. The minimum atomic E-state index is -0.289. The number of hydrogen-bond acceptors (Lipinski definition) is 4. The highest BCUT2D eigenvalue weighted by Gasteiger charge is 2.12. The maximum atomic E-state index is 11.9. The van der Waals surface area contributed by atoms with Crippen molar-refractivity contribution in [2.45, 2.75) is 26.4 Å². The molecule has 1 N–H and O–H groups in total. The molecule has 0 saturated heterocycles. The average molecular weight is 279 g/mol. The Morgan fingerprint density at radius 1 is 1.47 bits per heavy atom. The van der Waals surface area contributed by atoms with E-state index in [1.54, 1.807) is 12.4 Å². The van der Waals surface area contributed by atoms with Gasteiger partial charge in [0.25, 0.3) is 5.56 Å². The van der Waals surface area contributed by atoms with Gasteiger partial charge in [-0.2, -0.15) is 5.10 Å². The molecule has 100 valence electrons. The van der Waals surface area contributed by atoms with E-state index in [1.807, 2.05) is 32.0 Å². The van der Waals surface area contributed by atoms with Crippen LogP contribution in [-0.2, 0) is 6.54 Å². The monoisotopic (exact) mass is 278 g/mol. The van der Waals surface area contributed by atoms with Crippen LogP contribution in [0.4, 0.5) is 5.69 Å². The summed E-state index contributed by atoms with van der Waals surface area (Å²) in [6.07, 6.45) is 3.29. The van der Waals surface area contributed by atoms with Crippen LogP contribution in [0.5, 0.6) is 0 Å². The Hall–Kier alpha value is -1.88. The minimum Gasteiger partial charge on any atom is -0.374 e. The van der Waals surface area contributed by atoms with Gasteiger partial charge in [0.1, 0.15) is 5.02 Å². The van der Waals surface area contributed by atoms with Crippen LogP contribution in [-0.4, -0.2) is 14.8 Å². The van der Waals surface area contributed by atoms with Gasteiger partial charge in [0.05, 0.1) is 23.6 Å². The molecule has 0 saturated carbocycles. The van der Waals surface area contributed by atoms with E-state index in [0.717, 1.165) is 5.69 Å². The van der Waals surface area contributed by atoms with Crippen molar-refractivity contribution >= 4 is 17.3 Å². The molecule has 0 fully saturated rings. The van der Waals surface area contributed by atoms with E-state index in [-0.39, 0.29) is 16.6 Å². The van der Waals surface area contributed by atoms with Gasteiger partial charge in [-0.05, 0) is 26.0 Å². The standard InChI is InChI=1S/C13H15ClN4O/c1-3-18-13(19)12(14)11(8-16-18)17-9(2)10-6-4-5-7-15-10/h4-9,17H,3H2,1-2H3. The molecule has 5 nitrogen and oxygen atoms in total. The largest absolute Gasteiger partial charge is 0.374 e. The Balaban J connectivity index is 2.25. The summed E-state index contributed by atoms with van der Waals surface area (Å²) in [5, 5.41) is 7.34. The second-order valence-electron chi connectivity index (χ2n) is 4.11. The lowest BCUT2D eigenvalue weighted by Gasteiger charge is -2.15. The number of aryl methyl sites for hydroxylation is 1. The van der Waals surface area contributed by atoms with Crippen LogP contribution in [0.25, 0.3) is 0 Å². The van der Waals surface area contributed by atoms with Crippen LogP contribution in [0.1, 0.15) is 25.6 Å². The van der Waals surface area contributed by atoms with Crippen molar-refractivity contribution in [1.29, 1.82) is 0 Å². The SMILES string of the molecule is CCn1ncc(NC(C)c2ccccn2)c(Cl)c1=O. The van der Waals surface area contributed by atoms with Crippen molar-refractivity contribution in [3.8, 4) is 0 Å². The van der Waals surface area contributed by atoms with Gasteiger partial charge >= 0.3 is 0 Å². The molecule has 2 rings (SSSR count). The Kier molecular flexibility index (Phi) is 4.16. The lowest BCUT2D eigenvalue weighted by molar-refractivity contribution is 0.615. The quantitative estimate of drug-likeness (QED) is 0.933. The summed E-state index contributed by atoms with van der Waals surface area (Å²) in [5.74, 6) is 0. The Morgan fingerprint density at radius 3 is 2.89 bits per heavy atom.